The van der Waals surface area contributed by atoms with Gasteiger partial charge < -0.3 is 11.1 Å². The van der Waals surface area contributed by atoms with Gasteiger partial charge in [0.25, 0.3) is 5.91 Å². The number of carbonyl (C=O) groups excluding carboxylic acids is 2. The lowest BCUT2D eigenvalue weighted by Crippen LogP contribution is -2.40. The second-order valence-corrected chi connectivity index (χ2v) is 9.85. The Kier molecular flexibility index (Phi) is 8.61. The first-order valence-electron chi connectivity index (χ1n) is 12.2. The Morgan fingerprint density at radius 2 is 1.80 bits per heavy atom. The number of benzene rings is 2. The quantitative estimate of drug-likeness (QED) is 0.526. The molecule has 2 aromatic carbocycles. The summed E-state index contributed by atoms with van der Waals surface area (Å²) in [4.78, 5) is 40.1. The number of nitrogens with two attached hydrogens (primary N) is 1. The largest absolute Gasteiger partial charge is 0.336 e. The van der Waals surface area contributed by atoms with Crippen molar-refractivity contribution in [1.82, 2.24) is 9.13 Å². The fourth-order valence-corrected chi connectivity index (χ4v) is 5.33. The number of aromatic nitrogens is 2. The van der Waals surface area contributed by atoms with Gasteiger partial charge in [0.2, 0.25) is 5.91 Å². The topological polar surface area (TPSA) is 99.1 Å². The fraction of sp³-hybridized carbons (Fsp3) is 0.444. The molecule has 8 heteroatoms. The fourth-order valence-electron chi connectivity index (χ4n) is 5.33. The molecule has 188 valence electrons. The van der Waals surface area contributed by atoms with E-state index in [9.17, 15) is 14.4 Å². The van der Waals surface area contributed by atoms with Crippen LogP contribution in [0.4, 0.5) is 5.69 Å². The van der Waals surface area contributed by atoms with Gasteiger partial charge in [-0.25, -0.2) is 9.36 Å². The van der Waals surface area contributed by atoms with Crippen molar-refractivity contribution < 1.29 is 9.59 Å². The molecule has 1 heterocycles. The van der Waals surface area contributed by atoms with Gasteiger partial charge in [-0.15, -0.1) is 0 Å². The van der Waals surface area contributed by atoms with Crippen LogP contribution in [0.5, 0.6) is 0 Å². The third kappa shape index (κ3) is 5.38. The van der Waals surface area contributed by atoms with Crippen molar-refractivity contribution in [3.05, 3.63) is 64.6 Å². The minimum Gasteiger partial charge on any atom is -0.329 e. The molecule has 1 aliphatic rings. The first-order valence-corrected chi connectivity index (χ1v) is 12.2. The highest BCUT2D eigenvalue weighted by atomic mass is 32.1. The minimum absolute atomic E-state index is 0. The molecular formula is C27H36N4O3S. The molecule has 0 saturated heterocycles. The number of hydrogen-bond donors (Lipinski definition) is 2. The summed E-state index contributed by atoms with van der Waals surface area (Å²) in [5.74, 6) is 0.449. The summed E-state index contributed by atoms with van der Waals surface area (Å²) in [6.07, 6.45) is 2.89. The maximum absolute atomic E-state index is 13.8. The van der Waals surface area contributed by atoms with Crippen LogP contribution in [0.1, 0.15) is 55.2 Å². The Morgan fingerprint density at radius 1 is 1.09 bits per heavy atom. The van der Waals surface area contributed by atoms with Gasteiger partial charge in [0.05, 0.1) is 11.0 Å². The van der Waals surface area contributed by atoms with Crippen molar-refractivity contribution >= 4 is 42.0 Å². The first kappa shape index (κ1) is 26.8. The van der Waals surface area contributed by atoms with E-state index in [-0.39, 0.29) is 55.9 Å². The molecule has 35 heavy (non-hydrogen) atoms. The average Bonchev–Trinajstić information content (AvgIpc) is 3.10. The summed E-state index contributed by atoms with van der Waals surface area (Å²) in [6.45, 7) is 7.00. The highest BCUT2D eigenvalue weighted by molar-refractivity contribution is 7.59. The first-order chi connectivity index (χ1) is 16.3. The van der Waals surface area contributed by atoms with Crippen molar-refractivity contribution in [2.75, 3.05) is 11.9 Å². The third-order valence-electron chi connectivity index (χ3n) is 7.14. The monoisotopic (exact) mass is 496 g/mol. The lowest BCUT2D eigenvalue weighted by Gasteiger charge is -2.36. The van der Waals surface area contributed by atoms with Crippen LogP contribution < -0.4 is 16.7 Å². The van der Waals surface area contributed by atoms with Crippen LogP contribution in [0.2, 0.25) is 0 Å². The minimum atomic E-state index is -0.383. The van der Waals surface area contributed by atoms with E-state index in [0.29, 0.717) is 34.1 Å². The zero-order valence-electron chi connectivity index (χ0n) is 20.7. The van der Waals surface area contributed by atoms with Crippen LogP contribution in [-0.4, -0.2) is 27.5 Å². The molecular weight excluding hydrogens is 460 g/mol. The summed E-state index contributed by atoms with van der Waals surface area (Å²) < 4.78 is 2.84. The summed E-state index contributed by atoms with van der Waals surface area (Å²) >= 11 is 0. The van der Waals surface area contributed by atoms with Crippen LogP contribution in [0.15, 0.2) is 53.3 Å². The Bertz CT molecular complexity index is 1250. The van der Waals surface area contributed by atoms with Crippen LogP contribution >= 0.6 is 13.5 Å². The molecule has 7 nitrogen and oxygen atoms in total. The molecule has 0 aliphatic heterocycles. The van der Waals surface area contributed by atoms with E-state index in [1.165, 1.54) is 9.13 Å². The molecule has 1 amide bonds. The molecule has 0 bridgehead atoms. The lowest BCUT2D eigenvalue weighted by molar-refractivity contribution is 0.0633. The maximum Gasteiger partial charge on any atom is 0.336 e. The Hall–Kier alpha value is -2.84. The van der Waals surface area contributed by atoms with Crippen molar-refractivity contribution in [2.45, 2.75) is 46.6 Å². The molecule has 3 aromatic rings. The molecule has 1 aromatic heterocycles. The zero-order valence-corrected chi connectivity index (χ0v) is 21.7. The number of nitrogens with one attached hydrogen (secondary N) is 1. The number of hydrogen-bond acceptors (Lipinski definition) is 4. The highest BCUT2D eigenvalue weighted by Gasteiger charge is 2.37. The van der Waals surface area contributed by atoms with E-state index in [2.05, 4.69) is 26.1 Å². The standard InChI is InChI=1S/C27H34N4O3.H2S/c1-17(2)21-11-9-18(3)15-22(21)26(33)31-23-12-10-19(16-24(23)30(14-13-28)27(31)34)25(32)29-20-7-5-4-6-8-20;/h4-8,10,12,16-18,21-22H,9,11,13-15,28H2,1-3H3,(H,29,32);1H2/t18-,21+,22-;/m1./s1. The van der Waals surface area contributed by atoms with E-state index >= 15 is 0 Å². The van der Waals surface area contributed by atoms with Crippen LogP contribution in [0, 0.1) is 23.7 Å². The van der Waals surface area contributed by atoms with Gasteiger partial charge in [-0.3, -0.25) is 14.2 Å². The third-order valence-corrected chi connectivity index (χ3v) is 7.14. The van der Waals surface area contributed by atoms with E-state index in [1.807, 2.05) is 30.3 Å². The van der Waals surface area contributed by atoms with Crippen molar-refractivity contribution in [3.63, 3.8) is 0 Å². The smallest absolute Gasteiger partial charge is 0.329 e. The number of carbonyl (C=O) groups is 2. The molecule has 4 rings (SSSR count). The molecule has 0 spiro atoms. The number of anilines is 1. The number of imidazole rings is 1. The number of fused-ring (bicyclic) bond motifs is 1. The Balaban J connectivity index is 0.00000342. The molecule has 0 unspecified atom stereocenters. The second-order valence-electron chi connectivity index (χ2n) is 9.85. The molecule has 0 radical (unpaired) electrons. The van der Waals surface area contributed by atoms with Gasteiger partial charge in [-0.2, -0.15) is 13.5 Å². The predicted octanol–water partition coefficient (Wildman–Crippen LogP) is 4.48. The van der Waals surface area contributed by atoms with Crippen molar-refractivity contribution in [2.24, 2.45) is 29.4 Å². The van der Waals surface area contributed by atoms with Gasteiger partial charge in [0.15, 0.2) is 0 Å². The number of rotatable bonds is 6. The van der Waals surface area contributed by atoms with E-state index < -0.39 is 0 Å². The average molecular weight is 497 g/mol. The summed E-state index contributed by atoms with van der Waals surface area (Å²) in [5, 5.41) is 2.87. The molecule has 1 aliphatic carbocycles. The molecule has 1 saturated carbocycles. The number of para-hydroxylation sites is 1. The predicted molar refractivity (Wildman–Crippen MR) is 145 cm³/mol. The van der Waals surface area contributed by atoms with E-state index in [0.717, 1.165) is 19.3 Å². The molecule has 1 fully saturated rings. The Morgan fingerprint density at radius 3 is 2.46 bits per heavy atom. The van der Waals surface area contributed by atoms with Crippen molar-refractivity contribution in [1.29, 1.82) is 0 Å². The van der Waals surface area contributed by atoms with Crippen molar-refractivity contribution in [3.8, 4) is 0 Å². The Labute approximate surface area is 213 Å². The van der Waals surface area contributed by atoms with E-state index in [4.69, 9.17) is 5.73 Å². The second kappa shape index (κ2) is 11.3. The maximum atomic E-state index is 13.8. The normalized spacial score (nSPS) is 20.0. The van der Waals surface area contributed by atoms with Gasteiger partial charge in [-0.1, -0.05) is 45.4 Å². The number of amides is 1. The summed E-state index contributed by atoms with van der Waals surface area (Å²) in [7, 11) is 0. The van der Waals surface area contributed by atoms with Gasteiger partial charge >= 0.3 is 5.69 Å². The van der Waals surface area contributed by atoms with Gasteiger partial charge in [-0.05, 0) is 60.9 Å². The lowest BCUT2D eigenvalue weighted by atomic mass is 9.69. The van der Waals surface area contributed by atoms with Gasteiger partial charge in [0, 0.05) is 30.3 Å². The number of nitrogens with zero attached hydrogens (tertiary/aromatic N) is 2. The van der Waals surface area contributed by atoms with Crippen LogP contribution in [0.3, 0.4) is 0 Å². The van der Waals surface area contributed by atoms with E-state index in [1.54, 1.807) is 18.2 Å². The zero-order chi connectivity index (χ0) is 24.4. The molecule has 3 N–H and O–H groups in total. The molecule has 3 atom stereocenters. The van der Waals surface area contributed by atoms with Crippen LogP contribution in [-0.2, 0) is 6.54 Å². The highest BCUT2D eigenvalue weighted by Crippen LogP contribution is 2.39. The van der Waals surface area contributed by atoms with Gasteiger partial charge in [0.1, 0.15) is 0 Å². The summed E-state index contributed by atoms with van der Waals surface area (Å²) in [6, 6.07) is 14.2. The van der Waals surface area contributed by atoms with Crippen LogP contribution in [0.25, 0.3) is 11.0 Å². The SMILES string of the molecule is CC(C)[C@@H]1CC[C@@H](C)C[C@H]1C(=O)n1c(=O)n(CCN)c2cc(C(=O)Nc3ccccc3)ccc21.S. The summed E-state index contributed by atoms with van der Waals surface area (Å²) in [5.41, 5.74) is 7.59.